The summed E-state index contributed by atoms with van der Waals surface area (Å²) in [5.74, 6) is 0.459. The van der Waals surface area contributed by atoms with Gasteiger partial charge in [0.15, 0.2) is 0 Å². The fraction of sp³-hybridized carbons (Fsp3) is 0.429. The molecule has 2 aromatic heterocycles. The second-order valence-corrected chi connectivity index (χ2v) is 8.25. The number of fused-ring (bicyclic) bond motifs is 1. The maximum atomic E-state index is 13.3. The number of aromatic nitrogens is 2. The Bertz CT molecular complexity index is 1050. The van der Waals surface area contributed by atoms with Crippen LogP contribution in [0.1, 0.15) is 47.1 Å². The smallest absolute Gasteiger partial charge is 0.416 e. The van der Waals surface area contributed by atoms with Crippen molar-refractivity contribution in [2.75, 3.05) is 23.1 Å². The fourth-order valence-corrected chi connectivity index (χ4v) is 4.03. The van der Waals surface area contributed by atoms with Crippen molar-refractivity contribution in [2.45, 2.75) is 44.3 Å². The molecule has 2 amide bonds. The van der Waals surface area contributed by atoms with Crippen molar-refractivity contribution < 1.29 is 18.7 Å². The maximum Gasteiger partial charge on any atom is 0.416 e. The summed E-state index contributed by atoms with van der Waals surface area (Å²) in [5, 5.41) is 0. The van der Waals surface area contributed by atoms with E-state index in [9.17, 15) is 14.0 Å². The summed E-state index contributed by atoms with van der Waals surface area (Å²) in [7, 11) is 0. The van der Waals surface area contributed by atoms with Crippen LogP contribution in [0.25, 0.3) is 0 Å². The van der Waals surface area contributed by atoms with Gasteiger partial charge in [-0.3, -0.25) is 19.6 Å². The Balaban J connectivity index is 1.50. The van der Waals surface area contributed by atoms with Crippen LogP contribution in [0.5, 0.6) is 0 Å². The van der Waals surface area contributed by atoms with Crippen LogP contribution in [0.2, 0.25) is 0 Å². The molecule has 0 aromatic carbocycles. The molecule has 8 nitrogen and oxygen atoms in total. The highest BCUT2D eigenvalue weighted by Crippen LogP contribution is 2.47. The number of nitrogens with zero attached hydrogens (tertiary/aromatic N) is 4. The first-order chi connectivity index (χ1) is 14.4. The SMILES string of the molecule is CC1(c2cc3c(c(CN)n2)CN(c2cccc(N4C(=O)OC[C@@H]4CF)n2)C3=O)CC1. The lowest BCUT2D eigenvalue weighted by molar-refractivity contribution is 0.0995. The summed E-state index contributed by atoms with van der Waals surface area (Å²) >= 11 is 0. The average molecular weight is 411 g/mol. The highest BCUT2D eigenvalue weighted by molar-refractivity contribution is 6.10. The Morgan fingerprint density at radius 2 is 2.03 bits per heavy atom. The van der Waals surface area contributed by atoms with Gasteiger partial charge in [0.05, 0.1) is 12.2 Å². The minimum absolute atomic E-state index is 0.0162. The quantitative estimate of drug-likeness (QED) is 0.811. The molecule has 156 valence electrons. The zero-order valence-corrected chi connectivity index (χ0v) is 16.6. The first-order valence-electron chi connectivity index (χ1n) is 9.99. The van der Waals surface area contributed by atoms with Crippen LogP contribution in [-0.2, 0) is 23.2 Å². The van der Waals surface area contributed by atoms with E-state index >= 15 is 0 Å². The number of rotatable bonds is 5. The fourth-order valence-electron chi connectivity index (χ4n) is 4.03. The predicted octanol–water partition coefficient (Wildman–Crippen LogP) is 2.44. The molecule has 1 atom stereocenters. The molecule has 2 N–H and O–H groups in total. The molecule has 0 radical (unpaired) electrons. The summed E-state index contributed by atoms with van der Waals surface area (Å²) in [6.45, 7) is 1.93. The largest absolute Gasteiger partial charge is 0.447 e. The van der Waals surface area contributed by atoms with Crippen molar-refractivity contribution in [1.29, 1.82) is 0 Å². The molecule has 2 aromatic rings. The standard InChI is InChI=1S/C21H22FN5O3/c1-21(5-6-21)16-7-13-14(15(9-23)24-16)10-26(19(13)28)17-3-2-4-18(25-17)27-12(8-22)11-30-20(27)29/h2-4,7,12H,5-6,8-11,23H2,1H3/t12-/m0/s1. The van der Waals surface area contributed by atoms with Gasteiger partial charge in [-0.05, 0) is 31.0 Å². The molecule has 3 aliphatic rings. The molecule has 0 spiro atoms. The van der Waals surface area contributed by atoms with Gasteiger partial charge in [0, 0.05) is 28.8 Å². The van der Waals surface area contributed by atoms with Crippen molar-refractivity contribution in [1.82, 2.24) is 9.97 Å². The van der Waals surface area contributed by atoms with Crippen molar-refractivity contribution in [3.05, 3.63) is 46.8 Å². The van der Waals surface area contributed by atoms with E-state index in [0.29, 0.717) is 17.9 Å². The molecule has 1 saturated heterocycles. The van der Waals surface area contributed by atoms with E-state index in [-0.39, 0.29) is 30.3 Å². The van der Waals surface area contributed by atoms with Crippen molar-refractivity contribution in [3.8, 4) is 0 Å². The van der Waals surface area contributed by atoms with Crippen LogP contribution in [0.3, 0.4) is 0 Å². The van der Waals surface area contributed by atoms with E-state index in [1.54, 1.807) is 23.1 Å². The van der Waals surface area contributed by atoms with Gasteiger partial charge < -0.3 is 10.5 Å². The molecule has 0 bridgehead atoms. The third-order valence-corrected chi connectivity index (χ3v) is 6.20. The van der Waals surface area contributed by atoms with Gasteiger partial charge in [0.1, 0.15) is 31.0 Å². The van der Waals surface area contributed by atoms with Gasteiger partial charge >= 0.3 is 6.09 Å². The van der Waals surface area contributed by atoms with E-state index in [2.05, 4.69) is 11.9 Å². The minimum atomic E-state index is -0.737. The number of carbonyl (C=O) groups is 2. The normalized spacial score (nSPS) is 21.8. The van der Waals surface area contributed by atoms with Gasteiger partial charge in [-0.15, -0.1) is 0 Å². The topological polar surface area (TPSA) is 102 Å². The van der Waals surface area contributed by atoms with Crippen LogP contribution in [0, 0.1) is 0 Å². The highest BCUT2D eigenvalue weighted by Gasteiger charge is 2.43. The number of anilines is 2. The second kappa shape index (κ2) is 6.73. The Hall–Kier alpha value is -3.07. The molecule has 2 aliphatic heterocycles. The third-order valence-electron chi connectivity index (χ3n) is 6.20. The van der Waals surface area contributed by atoms with Crippen LogP contribution in [0.4, 0.5) is 20.8 Å². The second-order valence-electron chi connectivity index (χ2n) is 8.25. The zero-order valence-electron chi connectivity index (χ0n) is 16.6. The first kappa shape index (κ1) is 18.9. The number of carbonyl (C=O) groups excluding carboxylic acids is 2. The van der Waals surface area contributed by atoms with Gasteiger partial charge in [-0.25, -0.2) is 14.2 Å². The minimum Gasteiger partial charge on any atom is -0.447 e. The van der Waals surface area contributed by atoms with Crippen LogP contribution in [0.15, 0.2) is 24.3 Å². The molecule has 2 fully saturated rings. The molecule has 1 saturated carbocycles. The number of hydrogen-bond donors (Lipinski definition) is 1. The van der Waals surface area contributed by atoms with Gasteiger partial charge in [-0.1, -0.05) is 13.0 Å². The third kappa shape index (κ3) is 2.84. The number of ether oxygens (including phenoxy) is 1. The van der Waals surface area contributed by atoms with Gasteiger partial charge in [0.2, 0.25) is 0 Å². The summed E-state index contributed by atoms with van der Waals surface area (Å²) in [4.78, 5) is 37.2. The molecular weight excluding hydrogens is 389 g/mol. The molecule has 9 heteroatoms. The molecule has 4 heterocycles. The monoisotopic (exact) mass is 411 g/mol. The summed E-state index contributed by atoms with van der Waals surface area (Å²) < 4.78 is 18.2. The average Bonchev–Trinajstić information content (AvgIpc) is 3.26. The van der Waals surface area contributed by atoms with E-state index in [4.69, 9.17) is 15.5 Å². The number of hydrogen-bond acceptors (Lipinski definition) is 6. The Morgan fingerprint density at radius 3 is 2.73 bits per heavy atom. The number of amides is 2. The number of alkyl halides is 1. The van der Waals surface area contributed by atoms with Gasteiger partial charge in [-0.2, -0.15) is 0 Å². The summed E-state index contributed by atoms with van der Waals surface area (Å²) in [6, 6.07) is 6.14. The van der Waals surface area contributed by atoms with Crippen LogP contribution in [-0.4, -0.2) is 41.3 Å². The lowest BCUT2D eigenvalue weighted by atomic mass is 9.99. The number of cyclic esters (lactones) is 1. The van der Waals surface area contributed by atoms with Crippen LogP contribution < -0.4 is 15.5 Å². The van der Waals surface area contributed by atoms with Crippen molar-refractivity contribution in [3.63, 3.8) is 0 Å². The summed E-state index contributed by atoms with van der Waals surface area (Å²) in [6.07, 6.45) is 1.45. The Labute approximate surface area is 172 Å². The Morgan fingerprint density at radius 1 is 1.27 bits per heavy atom. The van der Waals surface area contributed by atoms with Crippen molar-refractivity contribution >= 4 is 23.6 Å². The molecule has 5 rings (SSSR count). The number of nitrogens with two attached hydrogens (primary N) is 1. The lowest BCUT2D eigenvalue weighted by Gasteiger charge is -2.21. The van der Waals surface area contributed by atoms with E-state index < -0.39 is 18.8 Å². The maximum absolute atomic E-state index is 13.3. The lowest BCUT2D eigenvalue weighted by Crippen LogP contribution is -2.36. The van der Waals surface area contributed by atoms with E-state index in [0.717, 1.165) is 29.8 Å². The van der Waals surface area contributed by atoms with Crippen LogP contribution >= 0.6 is 0 Å². The van der Waals surface area contributed by atoms with Crippen molar-refractivity contribution in [2.24, 2.45) is 5.73 Å². The highest BCUT2D eigenvalue weighted by atomic mass is 19.1. The summed E-state index contributed by atoms with van der Waals surface area (Å²) in [5.41, 5.74) is 8.99. The van der Waals surface area contributed by atoms with E-state index in [1.165, 1.54) is 4.90 Å². The number of halogens is 1. The Kier molecular flexibility index (Phi) is 4.25. The first-order valence-corrected chi connectivity index (χ1v) is 9.99. The zero-order chi connectivity index (χ0) is 21.0. The van der Waals surface area contributed by atoms with Gasteiger partial charge in [0.25, 0.3) is 5.91 Å². The predicted molar refractivity (Wildman–Crippen MR) is 107 cm³/mol. The molecular formula is C21H22FN5O3. The molecule has 1 aliphatic carbocycles. The molecule has 0 unspecified atom stereocenters. The van der Waals surface area contributed by atoms with E-state index in [1.807, 2.05) is 6.07 Å². The number of pyridine rings is 2. The molecule has 30 heavy (non-hydrogen) atoms.